The van der Waals surface area contributed by atoms with E-state index in [9.17, 15) is 9.59 Å². The van der Waals surface area contributed by atoms with Crippen molar-refractivity contribution in [2.75, 3.05) is 33.1 Å². The zero-order valence-electron chi connectivity index (χ0n) is 22.1. The maximum absolute atomic E-state index is 13.8. The molecule has 0 fully saturated rings. The zero-order chi connectivity index (χ0) is 26.7. The normalized spacial score (nSPS) is 12.8. The van der Waals surface area contributed by atoms with Gasteiger partial charge in [0.05, 0.1) is 25.3 Å². The Morgan fingerprint density at radius 1 is 0.947 bits per heavy atom. The first-order chi connectivity index (χ1) is 18.6. The fourth-order valence-electron chi connectivity index (χ4n) is 4.57. The second-order valence-corrected chi connectivity index (χ2v) is 9.20. The molecule has 1 aliphatic rings. The highest BCUT2D eigenvalue weighted by atomic mass is 16.7. The highest BCUT2D eigenvalue weighted by Gasteiger charge is 2.28. The van der Waals surface area contributed by atoms with Crippen LogP contribution in [0.25, 0.3) is 0 Å². The summed E-state index contributed by atoms with van der Waals surface area (Å²) < 4.78 is 22.0. The molecule has 1 atom stereocenters. The molecule has 2 amide bonds. The first-order valence-electron chi connectivity index (χ1n) is 13.2. The van der Waals surface area contributed by atoms with E-state index in [1.165, 1.54) is 0 Å². The lowest BCUT2D eigenvalue weighted by molar-refractivity contribution is -0.142. The van der Waals surface area contributed by atoms with Crippen LogP contribution in [0, 0.1) is 0 Å². The number of benzene rings is 2. The fraction of sp³-hybridized carbons (Fsp3) is 0.400. The van der Waals surface area contributed by atoms with Crippen LogP contribution in [-0.2, 0) is 27.4 Å². The molecule has 0 saturated heterocycles. The molecule has 3 aromatic rings. The van der Waals surface area contributed by atoms with Gasteiger partial charge in [-0.05, 0) is 55.2 Å². The van der Waals surface area contributed by atoms with Crippen molar-refractivity contribution >= 4 is 11.8 Å². The lowest BCUT2D eigenvalue weighted by atomic mass is 9.95. The summed E-state index contributed by atoms with van der Waals surface area (Å²) in [4.78, 5) is 30.9. The Morgan fingerprint density at radius 3 is 2.50 bits per heavy atom. The molecular formula is C30H36N2O6. The van der Waals surface area contributed by atoms with E-state index in [-0.39, 0.29) is 37.6 Å². The second kappa shape index (κ2) is 13.7. The van der Waals surface area contributed by atoms with Crippen LogP contribution < -0.4 is 9.47 Å². The van der Waals surface area contributed by atoms with Gasteiger partial charge in [-0.25, -0.2) is 0 Å². The number of hydrogen-bond acceptors (Lipinski definition) is 6. The third-order valence-electron chi connectivity index (χ3n) is 6.56. The fourth-order valence-corrected chi connectivity index (χ4v) is 4.57. The van der Waals surface area contributed by atoms with Crippen molar-refractivity contribution in [1.82, 2.24) is 9.80 Å². The van der Waals surface area contributed by atoms with Crippen LogP contribution in [0.2, 0.25) is 0 Å². The summed E-state index contributed by atoms with van der Waals surface area (Å²) in [7, 11) is 0. The molecule has 0 saturated carbocycles. The smallest absolute Gasteiger partial charge is 0.242 e. The van der Waals surface area contributed by atoms with Crippen LogP contribution in [0.3, 0.4) is 0 Å². The Bertz CT molecular complexity index is 1160. The van der Waals surface area contributed by atoms with E-state index in [1.807, 2.05) is 68.4 Å². The molecule has 0 N–H and O–H groups in total. The Kier molecular flexibility index (Phi) is 9.81. The highest BCUT2D eigenvalue weighted by molar-refractivity contribution is 5.88. The van der Waals surface area contributed by atoms with E-state index >= 15 is 0 Å². The van der Waals surface area contributed by atoms with Gasteiger partial charge in [0.1, 0.15) is 5.76 Å². The van der Waals surface area contributed by atoms with E-state index in [1.54, 1.807) is 22.1 Å². The average Bonchev–Trinajstić information content (AvgIpc) is 3.63. The van der Waals surface area contributed by atoms with Crippen molar-refractivity contribution in [3.05, 3.63) is 83.8 Å². The Hall–Kier alpha value is -3.78. The number of carbonyl (C=O) groups excluding carboxylic acids is 2. The van der Waals surface area contributed by atoms with Gasteiger partial charge in [-0.2, -0.15) is 0 Å². The van der Waals surface area contributed by atoms with Crippen molar-refractivity contribution in [3.8, 4) is 11.5 Å². The summed E-state index contributed by atoms with van der Waals surface area (Å²) in [6, 6.07) is 19.0. The topological polar surface area (TPSA) is 81.5 Å². The number of ether oxygens (including phenoxy) is 3. The first-order valence-corrected chi connectivity index (χ1v) is 13.2. The number of fused-ring (bicyclic) bond motifs is 1. The third kappa shape index (κ3) is 7.16. The van der Waals surface area contributed by atoms with E-state index in [0.29, 0.717) is 56.4 Å². The molecule has 4 rings (SSSR count). The molecule has 2 aromatic carbocycles. The lowest BCUT2D eigenvalue weighted by Gasteiger charge is -2.30. The van der Waals surface area contributed by atoms with E-state index < -0.39 is 0 Å². The van der Waals surface area contributed by atoms with Gasteiger partial charge in [0.15, 0.2) is 11.5 Å². The van der Waals surface area contributed by atoms with E-state index in [4.69, 9.17) is 18.6 Å². The minimum absolute atomic E-state index is 0.0282. The van der Waals surface area contributed by atoms with Crippen LogP contribution in [0.4, 0.5) is 0 Å². The number of amides is 2. The summed E-state index contributed by atoms with van der Waals surface area (Å²) in [5.41, 5.74) is 1.86. The average molecular weight is 521 g/mol. The zero-order valence-corrected chi connectivity index (χ0v) is 22.1. The molecule has 1 aromatic heterocycles. The number of furan rings is 1. The van der Waals surface area contributed by atoms with Crippen molar-refractivity contribution in [2.45, 2.75) is 45.7 Å². The van der Waals surface area contributed by atoms with Gasteiger partial charge < -0.3 is 28.4 Å². The number of carbonyl (C=O) groups is 2. The number of rotatable bonds is 14. The minimum Gasteiger partial charge on any atom is -0.467 e. The Balaban J connectivity index is 1.53. The van der Waals surface area contributed by atoms with Crippen LogP contribution in [0.5, 0.6) is 11.5 Å². The molecule has 1 aliphatic heterocycles. The summed E-state index contributed by atoms with van der Waals surface area (Å²) >= 11 is 0. The number of hydrogen-bond donors (Lipinski definition) is 0. The van der Waals surface area contributed by atoms with Crippen molar-refractivity contribution in [1.29, 1.82) is 0 Å². The van der Waals surface area contributed by atoms with Crippen molar-refractivity contribution in [2.24, 2.45) is 0 Å². The summed E-state index contributed by atoms with van der Waals surface area (Å²) in [5.74, 6) is 1.49. The summed E-state index contributed by atoms with van der Waals surface area (Å²) in [5, 5.41) is 0. The standard InChI is InChI=1S/C30H36N2O6/c1-3-26(24-10-6-5-7-11-24)30(34)31(15-9-16-35-4-2)21-29(33)32(20-25-12-8-17-36-25)19-23-13-14-27-28(18-23)38-22-37-27/h5-8,10-14,17-18,26H,3-4,9,15-16,19-22H2,1-2H3. The van der Waals surface area contributed by atoms with Gasteiger partial charge in [0.25, 0.3) is 0 Å². The predicted octanol–water partition coefficient (Wildman–Crippen LogP) is 4.99. The van der Waals surface area contributed by atoms with Crippen molar-refractivity contribution in [3.63, 3.8) is 0 Å². The molecule has 8 nitrogen and oxygen atoms in total. The maximum atomic E-state index is 13.8. The molecule has 1 unspecified atom stereocenters. The van der Waals surface area contributed by atoms with Crippen LogP contribution in [-0.4, -0.2) is 54.7 Å². The highest BCUT2D eigenvalue weighted by Crippen LogP contribution is 2.33. The van der Waals surface area contributed by atoms with Gasteiger partial charge in [-0.15, -0.1) is 0 Å². The maximum Gasteiger partial charge on any atom is 0.242 e. The van der Waals surface area contributed by atoms with Gasteiger partial charge in [-0.3, -0.25) is 9.59 Å². The van der Waals surface area contributed by atoms with Gasteiger partial charge in [-0.1, -0.05) is 43.3 Å². The number of nitrogens with zero attached hydrogens (tertiary/aromatic N) is 2. The molecule has 2 heterocycles. The van der Waals surface area contributed by atoms with Gasteiger partial charge in [0.2, 0.25) is 18.6 Å². The third-order valence-corrected chi connectivity index (χ3v) is 6.56. The van der Waals surface area contributed by atoms with Crippen LogP contribution in [0.15, 0.2) is 71.3 Å². The molecule has 0 bridgehead atoms. The Labute approximate surface area is 224 Å². The molecule has 202 valence electrons. The molecule has 0 spiro atoms. The summed E-state index contributed by atoms with van der Waals surface area (Å²) in [6.07, 6.45) is 2.89. The second-order valence-electron chi connectivity index (χ2n) is 9.20. The van der Waals surface area contributed by atoms with E-state index in [2.05, 4.69) is 0 Å². The van der Waals surface area contributed by atoms with Crippen molar-refractivity contribution < 1.29 is 28.2 Å². The molecule has 0 aliphatic carbocycles. The first kappa shape index (κ1) is 27.3. The minimum atomic E-state index is -0.316. The lowest BCUT2D eigenvalue weighted by Crippen LogP contribution is -2.44. The predicted molar refractivity (Wildman–Crippen MR) is 143 cm³/mol. The van der Waals surface area contributed by atoms with Crippen LogP contribution in [0.1, 0.15) is 49.5 Å². The molecule has 0 radical (unpaired) electrons. The van der Waals surface area contributed by atoms with Gasteiger partial charge in [0, 0.05) is 26.3 Å². The monoisotopic (exact) mass is 520 g/mol. The van der Waals surface area contributed by atoms with E-state index in [0.717, 1.165) is 11.1 Å². The Morgan fingerprint density at radius 2 is 1.76 bits per heavy atom. The largest absolute Gasteiger partial charge is 0.467 e. The van der Waals surface area contributed by atoms with Crippen LogP contribution >= 0.6 is 0 Å². The summed E-state index contributed by atoms with van der Waals surface area (Å²) in [6.45, 7) is 6.31. The quantitative estimate of drug-likeness (QED) is 0.279. The SMILES string of the molecule is CCOCCCN(CC(=O)N(Cc1ccc2c(c1)OCO2)Cc1ccco1)C(=O)C(CC)c1ccccc1. The van der Waals surface area contributed by atoms with Gasteiger partial charge >= 0.3 is 0 Å². The molecular weight excluding hydrogens is 484 g/mol. The molecule has 8 heteroatoms. The molecule has 38 heavy (non-hydrogen) atoms.